The number of benzene rings is 1. The van der Waals surface area contributed by atoms with Crippen LogP contribution in [0.3, 0.4) is 0 Å². The number of nitrogens with two attached hydrogens (primary N) is 2. The normalized spacial score (nSPS) is 14.8. The van der Waals surface area contributed by atoms with Gasteiger partial charge in [-0.25, -0.2) is 4.79 Å². The maximum absolute atomic E-state index is 13.7. The lowest BCUT2D eigenvalue weighted by molar-refractivity contribution is -0.143. The Balaban J connectivity index is 3.24. The van der Waals surface area contributed by atoms with E-state index in [-0.39, 0.29) is 19.3 Å². The second-order valence-corrected chi connectivity index (χ2v) is 14.9. The van der Waals surface area contributed by atoms with Crippen LogP contribution in [0.2, 0.25) is 0 Å². The summed E-state index contributed by atoms with van der Waals surface area (Å²) in [6.45, 7) is 4.97. The Morgan fingerprint density at radius 1 is 0.548 bits per heavy atom. The third-order valence-electron chi connectivity index (χ3n) is 9.26. The molecule has 62 heavy (non-hydrogen) atoms. The molecule has 0 aliphatic carbocycles. The number of carbonyl (C=O) groups excluding carboxylic acids is 7. The van der Waals surface area contributed by atoms with Gasteiger partial charge in [-0.1, -0.05) is 44.2 Å². The lowest BCUT2D eigenvalue weighted by Crippen LogP contribution is -2.61. The molecule has 346 valence electrons. The van der Waals surface area contributed by atoms with E-state index in [2.05, 4.69) is 37.2 Å². The van der Waals surface area contributed by atoms with E-state index >= 15 is 0 Å². The average Bonchev–Trinajstić information content (AvgIpc) is 3.20. The van der Waals surface area contributed by atoms with Gasteiger partial charge in [-0.05, 0) is 64.0 Å². The summed E-state index contributed by atoms with van der Waals surface area (Å²) in [6, 6.07) is -2.95. The number of nitrogens with one attached hydrogen (secondary N) is 7. The van der Waals surface area contributed by atoms with E-state index in [9.17, 15) is 68.4 Å². The van der Waals surface area contributed by atoms with E-state index < -0.39 is 139 Å². The predicted octanol–water partition coefficient (Wildman–Crippen LogP) is -3.42. The molecule has 0 radical (unpaired) electrons. The summed E-state index contributed by atoms with van der Waals surface area (Å²) in [6.07, 6.45) is -1.23. The Hall–Kier alpha value is -6.20. The van der Waals surface area contributed by atoms with Gasteiger partial charge in [0.15, 0.2) is 0 Å². The van der Waals surface area contributed by atoms with E-state index in [0.717, 1.165) is 0 Å². The van der Waals surface area contributed by atoms with Crippen molar-refractivity contribution in [2.45, 2.75) is 127 Å². The Kier molecular flexibility index (Phi) is 24.0. The number of hydrogen-bond acceptors (Lipinski definition) is 13. The summed E-state index contributed by atoms with van der Waals surface area (Å²) in [5, 5.41) is 54.5. The summed E-state index contributed by atoms with van der Waals surface area (Å²) in [7, 11) is 0. The number of aliphatic hydroxyl groups is 1. The van der Waals surface area contributed by atoms with Crippen molar-refractivity contribution < 1.29 is 68.4 Å². The molecule has 8 atom stereocenters. The van der Waals surface area contributed by atoms with Crippen LogP contribution in [-0.4, -0.2) is 141 Å². The molecule has 0 unspecified atom stereocenters. The highest BCUT2D eigenvalue weighted by atomic mass is 16.4. The summed E-state index contributed by atoms with van der Waals surface area (Å²) < 4.78 is 0. The third kappa shape index (κ3) is 19.9. The molecule has 7 amide bonds. The molecule has 1 rings (SSSR count). The van der Waals surface area contributed by atoms with Gasteiger partial charge in [-0.2, -0.15) is 0 Å². The first-order valence-corrected chi connectivity index (χ1v) is 20.0. The summed E-state index contributed by atoms with van der Waals surface area (Å²) in [5.74, 6) is -11.2. The minimum absolute atomic E-state index is 0.0260. The first kappa shape index (κ1) is 53.8. The molecule has 0 aliphatic rings. The van der Waals surface area contributed by atoms with Crippen molar-refractivity contribution >= 4 is 59.3 Å². The Morgan fingerprint density at radius 3 is 1.50 bits per heavy atom. The van der Waals surface area contributed by atoms with Crippen molar-refractivity contribution in [3.8, 4) is 0 Å². The van der Waals surface area contributed by atoms with Gasteiger partial charge in [0.1, 0.15) is 42.3 Å². The van der Waals surface area contributed by atoms with Gasteiger partial charge < -0.3 is 69.1 Å². The predicted molar refractivity (Wildman–Crippen MR) is 219 cm³/mol. The van der Waals surface area contributed by atoms with Crippen LogP contribution in [-0.2, 0) is 54.4 Å². The highest BCUT2D eigenvalue weighted by molar-refractivity contribution is 5.97. The monoisotopic (exact) mass is 879 g/mol. The zero-order chi connectivity index (χ0) is 47.1. The van der Waals surface area contributed by atoms with Crippen LogP contribution < -0.4 is 48.7 Å². The number of carbonyl (C=O) groups is 10. The second-order valence-electron chi connectivity index (χ2n) is 14.9. The van der Waals surface area contributed by atoms with Crippen molar-refractivity contribution in [1.29, 1.82) is 0 Å². The molecule has 0 saturated carbocycles. The molecule has 23 nitrogen and oxygen atoms in total. The van der Waals surface area contributed by atoms with Crippen molar-refractivity contribution in [2.24, 2.45) is 17.4 Å². The molecule has 23 heteroatoms. The minimum Gasteiger partial charge on any atom is -0.481 e. The lowest BCUT2D eigenvalue weighted by atomic mass is 10.0. The number of carboxylic acids is 3. The summed E-state index contributed by atoms with van der Waals surface area (Å²) in [4.78, 5) is 127. The molecule has 0 aromatic heterocycles. The Labute approximate surface area is 358 Å². The molecular formula is C39H61N9O14. The maximum atomic E-state index is 13.7. The topological polar surface area (TPSA) is 388 Å². The van der Waals surface area contributed by atoms with Gasteiger partial charge in [-0.15, -0.1) is 0 Å². The number of rotatable bonds is 29. The molecule has 1 aromatic rings. The standard InChI is InChI=1S/C39H61N9O14/c1-20(2)31(38(60)47-28(19-49)37(59)45-26(39(61)62)12-8-9-17-40)48-35(57)25(14-16-30(52)53)44-33(55)22(4)42-36(58)27(18-23-10-6-5-7-11-23)46-34(56)24(13-15-29(50)51)43-32(54)21(3)41/h5-7,10-11,20-22,24-28,31,49H,8-9,12-19,40-41H2,1-4H3,(H,42,58)(H,43,54)(H,44,55)(H,45,59)(H,46,56)(H,47,60)(H,48,57)(H,50,51)(H,52,53)(H,61,62)/t21-,22-,24-,25-,26-,27-,28-,31-/m0/s1. The van der Waals surface area contributed by atoms with Gasteiger partial charge in [0.05, 0.1) is 12.6 Å². The first-order chi connectivity index (χ1) is 29.1. The summed E-state index contributed by atoms with van der Waals surface area (Å²) >= 11 is 0. The van der Waals surface area contributed by atoms with E-state index in [1.807, 2.05) is 0 Å². The Morgan fingerprint density at radius 2 is 1.02 bits per heavy atom. The quantitative estimate of drug-likeness (QED) is 0.0349. The van der Waals surface area contributed by atoms with Gasteiger partial charge in [0.2, 0.25) is 41.4 Å². The van der Waals surface area contributed by atoms with Crippen molar-refractivity contribution in [3.63, 3.8) is 0 Å². The number of unbranched alkanes of at least 4 members (excludes halogenated alkanes) is 1. The fraction of sp³-hybridized carbons (Fsp3) is 0.590. The SMILES string of the molecule is CC(C)[C@H](NC(=O)[C@H](CCC(=O)O)NC(=O)[C@H](C)NC(=O)[C@H](Cc1ccccc1)NC(=O)[C@H](CCC(=O)O)NC(=O)[C@H](C)N)C(=O)N[C@@H](CO)C(=O)N[C@@H](CCCCN)C(=O)O. The molecule has 0 spiro atoms. The molecule has 15 N–H and O–H groups in total. The number of carboxylic acid groups (broad SMARTS) is 3. The van der Waals surface area contributed by atoms with E-state index in [1.165, 1.54) is 27.7 Å². The van der Waals surface area contributed by atoms with E-state index in [0.29, 0.717) is 24.9 Å². The number of hydrogen-bond donors (Lipinski definition) is 13. The van der Waals surface area contributed by atoms with Crippen molar-refractivity contribution in [1.82, 2.24) is 37.2 Å². The molecular weight excluding hydrogens is 818 g/mol. The molecule has 0 aliphatic heterocycles. The zero-order valence-corrected chi connectivity index (χ0v) is 35.2. The van der Waals surface area contributed by atoms with Crippen LogP contribution >= 0.6 is 0 Å². The third-order valence-corrected chi connectivity index (χ3v) is 9.26. The molecule has 0 saturated heterocycles. The largest absolute Gasteiger partial charge is 0.481 e. The fourth-order valence-electron chi connectivity index (χ4n) is 5.65. The minimum atomic E-state index is -1.64. The van der Waals surface area contributed by atoms with Gasteiger partial charge in [0, 0.05) is 19.3 Å². The summed E-state index contributed by atoms with van der Waals surface area (Å²) in [5.41, 5.74) is 11.6. The highest BCUT2D eigenvalue weighted by Gasteiger charge is 2.34. The van der Waals surface area contributed by atoms with Gasteiger partial charge in [-0.3, -0.25) is 43.2 Å². The van der Waals surface area contributed by atoms with Crippen molar-refractivity contribution in [2.75, 3.05) is 13.2 Å². The van der Waals surface area contributed by atoms with E-state index in [4.69, 9.17) is 11.5 Å². The zero-order valence-electron chi connectivity index (χ0n) is 35.2. The lowest BCUT2D eigenvalue weighted by Gasteiger charge is -2.28. The van der Waals surface area contributed by atoms with Crippen LogP contribution in [0.4, 0.5) is 0 Å². The van der Waals surface area contributed by atoms with Crippen molar-refractivity contribution in [3.05, 3.63) is 35.9 Å². The number of aliphatic hydroxyl groups excluding tert-OH is 1. The van der Waals surface area contributed by atoms with Crippen LogP contribution in [0.15, 0.2) is 30.3 Å². The van der Waals surface area contributed by atoms with Gasteiger partial charge in [0.25, 0.3) is 0 Å². The first-order valence-electron chi connectivity index (χ1n) is 20.0. The average molecular weight is 880 g/mol. The van der Waals surface area contributed by atoms with Crippen LogP contribution in [0.25, 0.3) is 0 Å². The maximum Gasteiger partial charge on any atom is 0.326 e. The highest BCUT2D eigenvalue weighted by Crippen LogP contribution is 2.09. The fourth-order valence-corrected chi connectivity index (χ4v) is 5.65. The number of amides is 7. The van der Waals surface area contributed by atoms with E-state index in [1.54, 1.807) is 30.3 Å². The van der Waals surface area contributed by atoms with Crippen LogP contribution in [0.1, 0.15) is 78.2 Å². The molecule has 0 heterocycles. The number of aliphatic carboxylic acids is 3. The molecule has 0 fully saturated rings. The Bertz CT molecular complexity index is 1710. The molecule has 0 bridgehead atoms. The van der Waals surface area contributed by atoms with Crippen LogP contribution in [0.5, 0.6) is 0 Å². The second kappa shape index (κ2) is 27.6. The van der Waals surface area contributed by atoms with Crippen LogP contribution in [0, 0.1) is 5.92 Å². The smallest absolute Gasteiger partial charge is 0.326 e. The van der Waals surface area contributed by atoms with Gasteiger partial charge >= 0.3 is 17.9 Å². The molecule has 1 aromatic carbocycles.